The number of hydrogen-bond acceptors (Lipinski definition) is 5. The largest absolute Gasteiger partial charge is 0.489 e. The van der Waals surface area contributed by atoms with Crippen LogP contribution in [-0.2, 0) is 0 Å². The highest BCUT2D eigenvalue weighted by molar-refractivity contribution is 9.10. The van der Waals surface area contributed by atoms with Crippen molar-refractivity contribution >= 4 is 33.7 Å². The number of amides is 1. The van der Waals surface area contributed by atoms with E-state index in [0.717, 1.165) is 4.47 Å². The van der Waals surface area contributed by atoms with Gasteiger partial charge in [0.1, 0.15) is 12.4 Å². The number of hydrogen-bond donors (Lipinski definition) is 1. The standard InChI is InChI=1S/C17H14BrN3O4/c1-2-9-25-16-8-5-14(18)10-13(16)11-19-20-17(22)12-3-6-15(7-4-12)21(23)24/h2-8,10-11H,1,9H2,(H,20,22)/b19-11-. The van der Waals surface area contributed by atoms with E-state index in [1.54, 1.807) is 18.2 Å². The number of carbonyl (C=O) groups excluding carboxylic acids is 1. The van der Waals surface area contributed by atoms with Crippen LogP contribution in [0.2, 0.25) is 0 Å². The Balaban J connectivity index is 2.07. The third kappa shape index (κ3) is 5.25. The molecule has 0 fully saturated rings. The molecule has 0 spiro atoms. The molecular formula is C17H14BrN3O4. The summed E-state index contributed by atoms with van der Waals surface area (Å²) in [7, 11) is 0. The van der Waals surface area contributed by atoms with Crippen molar-refractivity contribution in [2.45, 2.75) is 0 Å². The summed E-state index contributed by atoms with van der Waals surface area (Å²) in [6.45, 7) is 3.94. The van der Waals surface area contributed by atoms with Crippen LogP contribution in [0, 0.1) is 10.1 Å². The highest BCUT2D eigenvalue weighted by Gasteiger charge is 2.09. The molecule has 0 aromatic heterocycles. The van der Waals surface area contributed by atoms with Gasteiger partial charge in [0.2, 0.25) is 0 Å². The number of carbonyl (C=O) groups is 1. The molecule has 7 nitrogen and oxygen atoms in total. The number of benzene rings is 2. The summed E-state index contributed by atoms with van der Waals surface area (Å²) in [4.78, 5) is 22.1. The fourth-order valence-corrected chi connectivity index (χ4v) is 2.24. The summed E-state index contributed by atoms with van der Waals surface area (Å²) >= 11 is 3.36. The average molecular weight is 404 g/mol. The first-order chi connectivity index (χ1) is 12.0. The van der Waals surface area contributed by atoms with Crippen LogP contribution in [0.15, 0.2) is 64.7 Å². The van der Waals surface area contributed by atoms with E-state index < -0.39 is 10.8 Å². The van der Waals surface area contributed by atoms with Gasteiger partial charge in [-0.3, -0.25) is 14.9 Å². The molecule has 2 aromatic carbocycles. The maximum absolute atomic E-state index is 12.0. The Morgan fingerprint density at radius 2 is 2.04 bits per heavy atom. The van der Waals surface area contributed by atoms with Crippen molar-refractivity contribution in [1.29, 1.82) is 0 Å². The van der Waals surface area contributed by atoms with Crippen molar-refractivity contribution in [3.63, 3.8) is 0 Å². The van der Waals surface area contributed by atoms with Crippen molar-refractivity contribution in [2.75, 3.05) is 6.61 Å². The number of nitrogens with one attached hydrogen (secondary N) is 1. The first kappa shape index (κ1) is 18.3. The molecule has 2 rings (SSSR count). The van der Waals surface area contributed by atoms with Crippen molar-refractivity contribution in [2.24, 2.45) is 5.10 Å². The van der Waals surface area contributed by atoms with Crippen molar-refractivity contribution < 1.29 is 14.5 Å². The zero-order valence-corrected chi connectivity index (χ0v) is 14.6. The second-order valence-electron chi connectivity index (χ2n) is 4.78. The smallest absolute Gasteiger partial charge is 0.271 e. The van der Waals surface area contributed by atoms with E-state index in [9.17, 15) is 14.9 Å². The second kappa shape index (κ2) is 8.74. The Kier molecular flexibility index (Phi) is 6.41. The summed E-state index contributed by atoms with van der Waals surface area (Å²) in [5, 5.41) is 14.5. The molecule has 0 radical (unpaired) electrons. The van der Waals surface area contributed by atoms with Gasteiger partial charge in [0.15, 0.2) is 0 Å². The van der Waals surface area contributed by atoms with Crippen molar-refractivity contribution in [3.05, 3.63) is 80.8 Å². The zero-order valence-electron chi connectivity index (χ0n) is 13.0. The Hall–Kier alpha value is -3.00. The van der Waals surface area contributed by atoms with Crippen LogP contribution < -0.4 is 10.2 Å². The first-order valence-electron chi connectivity index (χ1n) is 7.12. The van der Waals surface area contributed by atoms with E-state index in [-0.39, 0.29) is 11.3 Å². The molecule has 0 heterocycles. The lowest BCUT2D eigenvalue weighted by Crippen LogP contribution is -2.17. The SMILES string of the molecule is C=CCOc1ccc(Br)cc1/C=N\NC(=O)c1ccc([N+](=O)[O-])cc1. The van der Waals surface area contributed by atoms with Crippen LogP contribution in [0.4, 0.5) is 5.69 Å². The predicted octanol–water partition coefficient (Wildman–Crippen LogP) is 3.69. The molecule has 0 saturated carbocycles. The van der Waals surface area contributed by atoms with Crippen LogP contribution in [0.3, 0.4) is 0 Å². The van der Waals surface area contributed by atoms with Gasteiger partial charge in [0.25, 0.3) is 11.6 Å². The van der Waals surface area contributed by atoms with E-state index in [0.29, 0.717) is 17.9 Å². The maximum Gasteiger partial charge on any atom is 0.271 e. The van der Waals surface area contributed by atoms with Gasteiger partial charge in [-0.05, 0) is 30.3 Å². The molecular weight excluding hydrogens is 390 g/mol. The summed E-state index contributed by atoms with van der Waals surface area (Å²) in [5.41, 5.74) is 3.21. The fraction of sp³-hybridized carbons (Fsp3) is 0.0588. The minimum Gasteiger partial charge on any atom is -0.489 e. The first-order valence-corrected chi connectivity index (χ1v) is 7.91. The molecule has 1 N–H and O–H groups in total. The van der Waals surface area contributed by atoms with Gasteiger partial charge in [-0.25, -0.2) is 5.43 Å². The highest BCUT2D eigenvalue weighted by atomic mass is 79.9. The number of nitro groups is 1. The van der Waals surface area contributed by atoms with Crippen LogP contribution in [0.25, 0.3) is 0 Å². The molecule has 128 valence electrons. The van der Waals surface area contributed by atoms with Crippen LogP contribution in [0.5, 0.6) is 5.75 Å². The Bertz CT molecular complexity index is 819. The van der Waals surface area contributed by atoms with Crippen LogP contribution in [-0.4, -0.2) is 23.7 Å². The number of hydrazone groups is 1. The second-order valence-corrected chi connectivity index (χ2v) is 5.70. The molecule has 0 aliphatic rings. The minimum atomic E-state index is -0.530. The quantitative estimate of drug-likeness (QED) is 0.330. The monoisotopic (exact) mass is 403 g/mol. The van der Waals surface area contributed by atoms with Gasteiger partial charge >= 0.3 is 0 Å². The van der Waals surface area contributed by atoms with E-state index in [2.05, 4.69) is 33.0 Å². The molecule has 2 aromatic rings. The highest BCUT2D eigenvalue weighted by Crippen LogP contribution is 2.21. The van der Waals surface area contributed by atoms with E-state index >= 15 is 0 Å². The predicted molar refractivity (Wildman–Crippen MR) is 98.0 cm³/mol. The lowest BCUT2D eigenvalue weighted by Gasteiger charge is -2.07. The van der Waals surface area contributed by atoms with Gasteiger partial charge in [-0.15, -0.1) is 0 Å². The molecule has 25 heavy (non-hydrogen) atoms. The molecule has 0 atom stereocenters. The number of nitro benzene ring substituents is 1. The minimum absolute atomic E-state index is 0.0850. The van der Waals surface area contributed by atoms with Gasteiger partial charge in [0.05, 0.1) is 11.1 Å². The fourth-order valence-electron chi connectivity index (χ4n) is 1.86. The molecule has 1 amide bonds. The number of non-ortho nitro benzene ring substituents is 1. The lowest BCUT2D eigenvalue weighted by molar-refractivity contribution is -0.384. The van der Waals surface area contributed by atoms with Crippen molar-refractivity contribution in [3.8, 4) is 5.75 Å². The Labute approximate surface area is 152 Å². The maximum atomic E-state index is 12.0. The number of nitrogens with zero attached hydrogens (tertiary/aromatic N) is 2. The Morgan fingerprint density at radius 3 is 2.68 bits per heavy atom. The Morgan fingerprint density at radius 1 is 1.32 bits per heavy atom. The van der Waals surface area contributed by atoms with Gasteiger partial charge in [0, 0.05) is 27.7 Å². The van der Waals surface area contributed by atoms with Crippen molar-refractivity contribution in [1.82, 2.24) is 5.43 Å². The molecule has 0 aliphatic heterocycles. The van der Waals surface area contributed by atoms with Crippen LogP contribution in [0.1, 0.15) is 15.9 Å². The van der Waals surface area contributed by atoms with Crippen LogP contribution >= 0.6 is 15.9 Å². The van der Waals surface area contributed by atoms with Gasteiger partial charge < -0.3 is 4.74 Å². The number of rotatable bonds is 7. The van der Waals surface area contributed by atoms with Gasteiger partial charge in [-0.2, -0.15) is 5.10 Å². The van der Waals surface area contributed by atoms with Gasteiger partial charge in [-0.1, -0.05) is 28.6 Å². The number of halogens is 1. The molecule has 0 aliphatic carbocycles. The van der Waals surface area contributed by atoms with E-state index in [4.69, 9.17) is 4.74 Å². The molecule has 0 bridgehead atoms. The summed E-state index contributed by atoms with van der Waals surface area (Å²) in [6, 6.07) is 10.6. The topological polar surface area (TPSA) is 93.8 Å². The third-order valence-corrected chi connectivity index (χ3v) is 3.53. The normalized spacial score (nSPS) is 10.4. The van der Waals surface area contributed by atoms with E-state index in [1.807, 2.05) is 6.07 Å². The molecule has 8 heteroatoms. The third-order valence-electron chi connectivity index (χ3n) is 3.04. The zero-order chi connectivity index (χ0) is 18.2. The summed E-state index contributed by atoms with van der Waals surface area (Å²) in [5.74, 6) is 0.117. The lowest BCUT2D eigenvalue weighted by atomic mass is 10.2. The van der Waals surface area contributed by atoms with E-state index in [1.165, 1.54) is 30.5 Å². The molecule has 0 unspecified atom stereocenters. The average Bonchev–Trinajstić information content (AvgIpc) is 2.61. The summed E-state index contributed by atoms with van der Waals surface area (Å²) < 4.78 is 6.35. The summed E-state index contributed by atoms with van der Waals surface area (Å²) in [6.07, 6.45) is 3.08. The number of ether oxygens (including phenoxy) is 1. The molecule has 0 saturated heterocycles.